The Morgan fingerprint density at radius 3 is 3.05 bits per heavy atom. The molecule has 1 unspecified atom stereocenters. The molecule has 0 spiro atoms. The third-order valence-corrected chi connectivity index (χ3v) is 4.47. The maximum atomic E-state index is 4.49. The predicted octanol–water partition coefficient (Wildman–Crippen LogP) is 2.31. The van der Waals surface area contributed by atoms with E-state index in [9.17, 15) is 0 Å². The van der Waals surface area contributed by atoms with Gasteiger partial charge in [0.15, 0.2) is 0 Å². The van der Waals surface area contributed by atoms with Gasteiger partial charge in [0.2, 0.25) is 0 Å². The van der Waals surface area contributed by atoms with Gasteiger partial charge in [0, 0.05) is 31.9 Å². The molecule has 1 aliphatic rings. The number of thiophene rings is 1. The van der Waals surface area contributed by atoms with E-state index in [4.69, 9.17) is 0 Å². The summed E-state index contributed by atoms with van der Waals surface area (Å²) in [5, 5.41) is 4.80. The van der Waals surface area contributed by atoms with Crippen LogP contribution in [0, 0.1) is 6.92 Å². The van der Waals surface area contributed by atoms with E-state index in [-0.39, 0.29) is 0 Å². The number of hydrogen-bond acceptors (Lipinski definition) is 5. The van der Waals surface area contributed by atoms with Crippen LogP contribution in [0.2, 0.25) is 0 Å². The number of rotatable bonds is 2. The third-order valence-electron chi connectivity index (χ3n) is 3.30. The van der Waals surface area contributed by atoms with Gasteiger partial charge in [-0.1, -0.05) is 0 Å². The quantitative estimate of drug-likeness (QED) is 0.912. The number of nitrogens with zero attached hydrogens (tertiary/aromatic N) is 3. The fourth-order valence-electron chi connectivity index (χ4n) is 2.36. The molecule has 0 bridgehead atoms. The molecule has 0 saturated carbocycles. The molecule has 2 aromatic heterocycles. The standard InChI is InChI=1S/C14H18N4S/c1-10-9-18(8-7-15-10)14-4-3-13(19-14)12-5-6-16-11(2)17-12/h3-6,10,15H,7-9H2,1-2H3. The van der Waals surface area contributed by atoms with Crippen molar-refractivity contribution in [1.29, 1.82) is 0 Å². The number of hydrogen-bond donors (Lipinski definition) is 1. The molecule has 1 atom stereocenters. The van der Waals surface area contributed by atoms with E-state index in [1.165, 1.54) is 9.88 Å². The van der Waals surface area contributed by atoms with Gasteiger partial charge in [0.05, 0.1) is 15.6 Å². The summed E-state index contributed by atoms with van der Waals surface area (Å²) in [5.41, 5.74) is 1.02. The van der Waals surface area contributed by atoms with Gasteiger partial charge in [-0.25, -0.2) is 9.97 Å². The van der Waals surface area contributed by atoms with Crippen molar-refractivity contribution in [3.8, 4) is 10.6 Å². The average Bonchev–Trinajstić information content (AvgIpc) is 2.88. The molecule has 3 rings (SSSR count). The number of nitrogens with one attached hydrogen (secondary N) is 1. The van der Waals surface area contributed by atoms with Crippen LogP contribution in [0.25, 0.3) is 10.6 Å². The van der Waals surface area contributed by atoms with Crippen LogP contribution in [0.1, 0.15) is 12.7 Å². The first-order valence-electron chi connectivity index (χ1n) is 6.60. The highest BCUT2D eigenvalue weighted by Gasteiger charge is 2.17. The maximum Gasteiger partial charge on any atom is 0.125 e. The molecule has 2 aromatic rings. The van der Waals surface area contributed by atoms with E-state index in [1.807, 2.05) is 30.5 Å². The Kier molecular flexibility index (Phi) is 3.48. The first-order chi connectivity index (χ1) is 9.22. The molecule has 100 valence electrons. The van der Waals surface area contributed by atoms with Crippen LogP contribution < -0.4 is 10.2 Å². The van der Waals surface area contributed by atoms with Crippen LogP contribution in [0.3, 0.4) is 0 Å². The molecule has 3 heterocycles. The van der Waals surface area contributed by atoms with Gasteiger partial charge in [-0.3, -0.25) is 0 Å². The fourth-order valence-corrected chi connectivity index (χ4v) is 3.37. The summed E-state index contributed by atoms with van der Waals surface area (Å²) in [6.45, 7) is 7.36. The Morgan fingerprint density at radius 1 is 1.37 bits per heavy atom. The van der Waals surface area contributed by atoms with Crippen molar-refractivity contribution in [1.82, 2.24) is 15.3 Å². The zero-order valence-corrected chi connectivity index (χ0v) is 12.1. The average molecular weight is 274 g/mol. The Balaban J connectivity index is 1.83. The van der Waals surface area contributed by atoms with Crippen LogP contribution in [0.5, 0.6) is 0 Å². The number of aromatic nitrogens is 2. The van der Waals surface area contributed by atoms with E-state index >= 15 is 0 Å². The summed E-state index contributed by atoms with van der Waals surface area (Å²) in [5.74, 6) is 0.822. The van der Waals surface area contributed by atoms with Gasteiger partial charge in [0.1, 0.15) is 5.82 Å². The molecule has 5 heteroatoms. The molecule has 4 nitrogen and oxygen atoms in total. The largest absolute Gasteiger partial charge is 0.361 e. The number of anilines is 1. The molecule has 0 amide bonds. The van der Waals surface area contributed by atoms with Crippen molar-refractivity contribution < 1.29 is 0 Å². The minimum absolute atomic E-state index is 0.556. The minimum Gasteiger partial charge on any atom is -0.361 e. The number of piperazine rings is 1. The lowest BCUT2D eigenvalue weighted by atomic mass is 10.2. The van der Waals surface area contributed by atoms with Crippen molar-refractivity contribution in [2.24, 2.45) is 0 Å². The summed E-state index contributed by atoms with van der Waals surface area (Å²) in [6, 6.07) is 6.90. The van der Waals surface area contributed by atoms with E-state index in [0.717, 1.165) is 31.2 Å². The predicted molar refractivity (Wildman–Crippen MR) is 79.8 cm³/mol. The van der Waals surface area contributed by atoms with Crippen molar-refractivity contribution in [2.45, 2.75) is 19.9 Å². The van der Waals surface area contributed by atoms with Crippen LogP contribution in [-0.4, -0.2) is 35.6 Å². The van der Waals surface area contributed by atoms with Gasteiger partial charge in [-0.15, -0.1) is 11.3 Å². The fraction of sp³-hybridized carbons (Fsp3) is 0.429. The highest BCUT2D eigenvalue weighted by Crippen LogP contribution is 2.33. The normalized spacial score (nSPS) is 19.7. The molecule has 1 saturated heterocycles. The Bertz CT molecular complexity index is 566. The number of aryl methyl sites for hydroxylation is 1. The van der Waals surface area contributed by atoms with E-state index in [0.29, 0.717) is 6.04 Å². The van der Waals surface area contributed by atoms with E-state index in [2.05, 4.69) is 39.2 Å². The topological polar surface area (TPSA) is 41.1 Å². The lowest BCUT2D eigenvalue weighted by Gasteiger charge is -2.32. The van der Waals surface area contributed by atoms with Gasteiger partial charge < -0.3 is 10.2 Å². The van der Waals surface area contributed by atoms with Crippen molar-refractivity contribution in [2.75, 3.05) is 24.5 Å². The second-order valence-electron chi connectivity index (χ2n) is 4.93. The SMILES string of the molecule is Cc1nccc(-c2ccc(N3CCNC(C)C3)s2)n1. The van der Waals surface area contributed by atoms with Crippen LogP contribution in [-0.2, 0) is 0 Å². The molecule has 1 N–H and O–H groups in total. The smallest absolute Gasteiger partial charge is 0.125 e. The molecule has 1 aliphatic heterocycles. The van der Waals surface area contributed by atoms with Crippen molar-refractivity contribution in [3.63, 3.8) is 0 Å². The minimum atomic E-state index is 0.556. The Hall–Kier alpha value is -1.46. The summed E-state index contributed by atoms with van der Waals surface area (Å²) in [4.78, 5) is 12.3. The lowest BCUT2D eigenvalue weighted by Crippen LogP contribution is -2.49. The van der Waals surface area contributed by atoms with Gasteiger partial charge >= 0.3 is 0 Å². The lowest BCUT2D eigenvalue weighted by molar-refractivity contribution is 0.486. The zero-order valence-electron chi connectivity index (χ0n) is 11.3. The van der Waals surface area contributed by atoms with Crippen LogP contribution >= 0.6 is 11.3 Å². The monoisotopic (exact) mass is 274 g/mol. The third kappa shape index (κ3) is 2.77. The first kappa shape index (κ1) is 12.6. The molecule has 19 heavy (non-hydrogen) atoms. The molecule has 0 radical (unpaired) electrons. The summed E-state index contributed by atoms with van der Waals surface area (Å²) in [7, 11) is 0. The Morgan fingerprint density at radius 2 is 2.26 bits per heavy atom. The highest BCUT2D eigenvalue weighted by molar-refractivity contribution is 7.19. The Labute approximate surface area is 117 Å². The van der Waals surface area contributed by atoms with Gasteiger partial charge in [-0.05, 0) is 32.0 Å². The van der Waals surface area contributed by atoms with E-state index < -0.39 is 0 Å². The molecule has 1 fully saturated rings. The van der Waals surface area contributed by atoms with Crippen molar-refractivity contribution in [3.05, 3.63) is 30.2 Å². The van der Waals surface area contributed by atoms with E-state index in [1.54, 1.807) is 0 Å². The highest BCUT2D eigenvalue weighted by atomic mass is 32.1. The summed E-state index contributed by atoms with van der Waals surface area (Å²) in [6.07, 6.45) is 1.82. The second kappa shape index (κ2) is 5.27. The molecule has 0 aromatic carbocycles. The summed E-state index contributed by atoms with van der Waals surface area (Å²) < 4.78 is 0. The molecular formula is C14H18N4S. The van der Waals surface area contributed by atoms with Crippen LogP contribution in [0.15, 0.2) is 24.4 Å². The maximum absolute atomic E-state index is 4.49. The zero-order chi connectivity index (χ0) is 13.2. The van der Waals surface area contributed by atoms with Crippen LogP contribution in [0.4, 0.5) is 5.00 Å². The molecular weight excluding hydrogens is 256 g/mol. The first-order valence-corrected chi connectivity index (χ1v) is 7.42. The van der Waals surface area contributed by atoms with Gasteiger partial charge in [-0.2, -0.15) is 0 Å². The second-order valence-corrected chi connectivity index (χ2v) is 5.99. The molecule has 0 aliphatic carbocycles. The van der Waals surface area contributed by atoms with Gasteiger partial charge in [0.25, 0.3) is 0 Å². The summed E-state index contributed by atoms with van der Waals surface area (Å²) >= 11 is 1.81. The van der Waals surface area contributed by atoms with Crippen molar-refractivity contribution >= 4 is 16.3 Å².